The number of nitrogens with zero attached hydrogens (tertiary/aromatic N) is 2. The summed E-state index contributed by atoms with van der Waals surface area (Å²) in [6.07, 6.45) is 2.03. The Kier molecular flexibility index (Phi) is 6.10. The maximum atomic E-state index is 4.23. The van der Waals surface area contributed by atoms with E-state index in [9.17, 15) is 0 Å². The molecule has 1 aromatic heterocycles. The minimum Gasteiger partial charge on any atom is -0.312 e. The Morgan fingerprint density at radius 3 is 2.29 bits per heavy atom. The van der Waals surface area contributed by atoms with E-state index in [4.69, 9.17) is 0 Å². The molecule has 3 nitrogen and oxygen atoms in total. The van der Waals surface area contributed by atoms with Crippen LogP contribution in [0.15, 0.2) is 20.8 Å². The molecule has 0 spiro atoms. The first-order chi connectivity index (χ1) is 10.0. The molecule has 0 saturated carbocycles. The van der Waals surface area contributed by atoms with Gasteiger partial charge in [0.05, 0.1) is 0 Å². The van der Waals surface area contributed by atoms with E-state index in [1.54, 1.807) is 34.9 Å². The maximum Gasteiger partial charge on any atom is 0.175 e. The van der Waals surface area contributed by atoms with E-state index in [-0.39, 0.29) is 0 Å². The number of hydrogen-bond acceptors (Lipinski definition) is 6. The molecule has 0 aliphatic carbocycles. The molecule has 21 heavy (non-hydrogen) atoms. The zero-order valence-electron chi connectivity index (χ0n) is 13.1. The molecule has 6 heteroatoms. The summed E-state index contributed by atoms with van der Waals surface area (Å²) in [5.41, 5.74) is 5.44. The Morgan fingerprint density at radius 1 is 1.14 bits per heavy atom. The number of thioether (sulfide) groups is 2. The van der Waals surface area contributed by atoms with Crippen LogP contribution in [-0.4, -0.2) is 29.3 Å². The Bertz CT molecular complexity index is 587. The summed E-state index contributed by atoms with van der Waals surface area (Å²) >= 11 is 5.09. The fourth-order valence-electron chi connectivity index (χ4n) is 2.54. The maximum absolute atomic E-state index is 4.23. The summed E-state index contributed by atoms with van der Waals surface area (Å²) in [6, 6.07) is 4.85. The zero-order chi connectivity index (χ0) is 15.4. The molecule has 2 aromatic rings. The molecule has 1 atom stereocenters. The van der Waals surface area contributed by atoms with Crippen molar-refractivity contribution in [3.8, 4) is 0 Å². The van der Waals surface area contributed by atoms with Crippen LogP contribution in [0.2, 0.25) is 0 Å². The number of rotatable bonds is 6. The van der Waals surface area contributed by atoms with E-state index in [1.807, 2.05) is 13.3 Å². The van der Waals surface area contributed by atoms with Gasteiger partial charge in [-0.25, -0.2) is 0 Å². The number of nitrogens with one attached hydrogen (secondary N) is 1. The van der Waals surface area contributed by atoms with Gasteiger partial charge in [0.15, 0.2) is 8.68 Å². The van der Waals surface area contributed by atoms with Gasteiger partial charge in [0.2, 0.25) is 0 Å². The minimum atomic E-state index is 0.331. The van der Waals surface area contributed by atoms with Gasteiger partial charge in [0.1, 0.15) is 0 Å². The van der Waals surface area contributed by atoms with Crippen molar-refractivity contribution >= 4 is 34.9 Å². The third-order valence-corrected chi connectivity index (χ3v) is 6.50. The fraction of sp³-hybridized carbons (Fsp3) is 0.467. The van der Waals surface area contributed by atoms with Crippen molar-refractivity contribution in [3.63, 3.8) is 0 Å². The van der Waals surface area contributed by atoms with Crippen LogP contribution in [0.1, 0.15) is 28.3 Å². The van der Waals surface area contributed by atoms with Crippen LogP contribution in [-0.2, 0) is 0 Å². The first-order valence-corrected chi connectivity index (χ1v) is 9.83. The van der Waals surface area contributed by atoms with E-state index < -0.39 is 0 Å². The Morgan fingerprint density at radius 2 is 1.76 bits per heavy atom. The highest BCUT2D eigenvalue weighted by Crippen LogP contribution is 2.32. The van der Waals surface area contributed by atoms with Gasteiger partial charge >= 0.3 is 0 Å². The number of aromatic nitrogens is 2. The molecule has 0 aliphatic rings. The summed E-state index contributed by atoms with van der Waals surface area (Å²) < 4.78 is 2.07. The first-order valence-electron chi connectivity index (χ1n) is 6.80. The van der Waals surface area contributed by atoms with Gasteiger partial charge in [0, 0.05) is 11.8 Å². The Hall–Kier alpha value is -0.560. The highest BCUT2D eigenvalue weighted by Gasteiger charge is 2.16. The first kappa shape index (κ1) is 16.8. The highest BCUT2D eigenvalue weighted by molar-refractivity contribution is 8.02. The highest BCUT2D eigenvalue weighted by atomic mass is 32.2. The molecule has 1 heterocycles. The standard InChI is InChI=1S/C15H21N3S3/c1-9-6-10(2)13(11(3)7-9)12(16-4)8-20-15-18-17-14(19-5)21-15/h6-7,12,16H,8H2,1-5H3. The van der Waals surface area contributed by atoms with Crippen LogP contribution in [0.5, 0.6) is 0 Å². The normalized spacial score (nSPS) is 12.6. The number of benzene rings is 1. The average molecular weight is 340 g/mol. The molecule has 1 N–H and O–H groups in total. The SMILES string of the molecule is CNC(CSc1nnc(SC)s1)c1c(C)cc(C)cc1C. The summed E-state index contributed by atoms with van der Waals surface area (Å²) in [5.74, 6) is 0.963. The van der Waals surface area contributed by atoms with Crippen molar-refractivity contribution in [2.75, 3.05) is 19.1 Å². The van der Waals surface area contributed by atoms with Crippen LogP contribution in [0, 0.1) is 20.8 Å². The third-order valence-electron chi connectivity index (χ3n) is 3.37. The Balaban J connectivity index is 2.13. The van der Waals surface area contributed by atoms with Crippen molar-refractivity contribution in [3.05, 3.63) is 34.4 Å². The second kappa shape index (κ2) is 7.63. The largest absolute Gasteiger partial charge is 0.312 e. The average Bonchev–Trinajstić information content (AvgIpc) is 2.89. The predicted octanol–water partition coefficient (Wildman–Crippen LogP) is 4.24. The summed E-state index contributed by atoms with van der Waals surface area (Å²) in [7, 11) is 2.03. The van der Waals surface area contributed by atoms with Crippen molar-refractivity contribution < 1.29 is 0 Å². The van der Waals surface area contributed by atoms with E-state index in [1.165, 1.54) is 22.3 Å². The second-order valence-electron chi connectivity index (χ2n) is 5.00. The third kappa shape index (κ3) is 4.22. The molecule has 114 valence electrons. The number of hydrogen-bond donors (Lipinski definition) is 1. The van der Waals surface area contributed by atoms with Gasteiger partial charge in [-0.3, -0.25) is 0 Å². The van der Waals surface area contributed by atoms with Crippen molar-refractivity contribution in [2.45, 2.75) is 35.5 Å². The van der Waals surface area contributed by atoms with Gasteiger partial charge < -0.3 is 5.32 Å². The molecule has 0 radical (unpaired) electrons. The van der Waals surface area contributed by atoms with Gasteiger partial charge in [-0.1, -0.05) is 52.6 Å². The molecule has 0 saturated heterocycles. The topological polar surface area (TPSA) is 37.8 Å². The van der Waals surface area contributed by atoms with Crippen molar-refractivity contribution in [2.24, 2.45) is 0 Å². The predicted molar refractivity (Wildman–Crippen MR) is 94.9 cm³/mol. The lowest BCUT2D eigenvalue weighted by molar-refractivity contribution is 0.653. The van der Waals surface area contributed by atoms with Crippen LogP contribution in [0.3, 0.4) is 0 Å². The summed E-state index contributed by atoms with van der Waals surface area (Å²) in [5, 5.41) is 11.8. The van der Waals surface area contributed by atoms with Crippen LogP contribution in [0.4, 0.5) is 0 Å². The molecule has 2 rings (SSSR count). The van der Waals surface area contributed by atoms with Gasteiger partial charge in [-0.2, -0.15) is 0 Å². The quantitative estimate of drug-likeness (QED) is 0.797. The lowest BCUT2D eigenvalue weighted by Crippen LogP contribution is -2.21. The van der Waals surface area contributed by atoms with Crippen LogP contribution >= 0.6 is 34.9 Å². The smallest absolute Gasteiger partial charge is 0.175 e. The van der Waals surface area contributed by atoms with Crippen LogP contribution < -0.4 is 5.32 Å². The monoisotopic (exact) mass is 339 g/mol. The molecule has 0 bridgehead atoms. The molecule has 1 unspecified atom stereocenters. The zero-order valence-corrected chi connectivity index (χ0v) is 15.5. The van der Waals surface area contributed by atoms with E-state index in [0.717, 1.165) is 14.4 Å². The Labute approximate surface area is 139 Å². The fourth-order valence-corrected chi connectivity index (χ4v) is 5.13. The lowest BCUT2D eigenvalue weighted by Gasteiger charge is -2.21. The minimum absolute atomic E-state index is 0.331. The summed E-state index contributed by atoms with van der Waals surface area (Å²) in [4.78, 5) is 0. The van der Waals surface area contributed by atoms with Gasteiger partial charge in [-0.05, 0) is 50.8 Å². The van der Waals surface area contributed by atoms with Crippen molar-refractivity contribution in [1.29, 1.82) is 0 Å². The van der Waals surface area contributed by atoms with Crippen LogP contribution in [0.25, 0.3) is 0 Å². The van der Waals surface area contributed by atoms with E-state index in [2.05, 4.69) is 48.4 Å². The molecular weight excluding hydrogens is 318 g/mol. The van der Waals surface area contributed by atoms with Gasteiger partial charge in [-0.15, -0.1) is 10.2 Å². The number of aryl methyl sites for hydroxylation is 3. The van der Waals surface area contributed by atoms with Gasteiger partial charge in [0.25, 0.3) is 0 Å². The summed E-state index contributed by atoms with van der Waals surface area (Å²) in [6.45, 7) is 6.54. The molecule has 0 fully saturated rings. The van der Waals surface area contributed by atoms with E-state index >= 15 is 0 Å². The lowest BCUT2D eigenvalue weighted by atomic mass is 9.95. The van der Waals surface area contributed by atoms with E-state index in [0.29, 0.717) is 6.04 Å². The molecule has 0 amide bonds. The second-order valence-corrected chi connectivity index (χ2v) is 8.30. The molecular formula is C15H21N3S3. The van der Waals surface area contributed by atoms with Crippen molar-refractivity contribution in [1.82, 2.24) is 15.5 Å². The molecule has 0 aliphatic heterocycles. The molecule has 1 aromatic carbocycles.